The van der Waals surface area contributed by atoms with E-state index in [0.29, 0.717) is 6.04 Å². The van der Waals surface area contributed by atoms with Gasteiger partial charge in [0.1, 0.15) is 0 Å². The molecule has 0 spiro atoms. The van der Waals surface area contributed by atoms with Crippen molar-refractivity contribution in [2.24, 2.45) is 0 Å². The molecular formula is C15H22N2. The highest BCUT2D eigenvalue weighted by Crippen LogP contribution is 2.30. The van der Waals surface area contributed by atoms with Crippen molar-refractivity contribution >= 4 is 0 Å². The number of hydrogen-bond acceptors (Lipinski definition) is 2. The molecule has 2 rings (SSSR count). The smallest absolute Gasteiger partial charge is 0.0560 e. The lowest BCUT2D eigenvalue weighted by Crippen LogP contribution is -2.60. The Bertz CT molecular complexity index is 374. The van der Waals surface area contributed by atoms with E-state index in [2.05, 4.69) is 61.0 Å². The molecule has 17 heavy (non-hydrogen) atoms. The molecule has 1 aromatic rings. The summed E-state index contributed by atoms with van der Waals surface area (Å²) >= 11 is 0. The second-order valence-corrected chi connectivity index (χ2v) is 5.12. The molecule has 0 saturated carbocycles. The molecule has 1 heterocycles. The van der Waals surface area contributed by atoms with Crippen molar-refractivity contribution in [3.63, 3.8) is 0 Å². The molecule has 0 aliphatic carbocycles. The third kappa shape index (κ3) is 2.43. The molecule has 0 bridgehead atoms. The summed E-state index contributed by atoms with van der Waals surface area (Å²) in [6, 6.07) is 11.3. The average molecular weight is 230 g/mol. The molecule has 1 aliphatic rings. The quantitative estimate of drug-likeness (QED) is 0.802. The summed E-state index contributed by atoms with van der Waals surface area (Å²) in [6.45, 7) is 11.4. The number of hydrogen-bond donors (Lipinski definition) is 1. The SMILES string of the molecule is C=CCN1CC(C)NCC1(C)c1ccccc1. The largest absolute Gasteiger partial charge is 0.311 e. The van der Waals surface area contributed by atoms with Crippen molar-refractivity contribution in [3.8, 4) is 0 Å². The van der Waals surface area contributed by atoms with E-state index in [9.17, 15) is 0 Å². The van der Waals surface area contributed by atoms with Crippen LogP contribution < -0.4 is 5.32 Å². The zero-order valence-electron chi connectivity index (χ0n) is 10.8. The van der Waals surface area contributed by atoms with E-state index in [0.717, 1.165) is 19.6 Å². The van der Waals surface area contributed by atoms with E-state index in [1.54, 1.807) is 0 Å². The van der Waals surface area contributed by atoms with Gasteiger partial charge in [0.15, 0.2) is 0 Å². The molecule has 1 aliphatic heterocycles. The molecular weight excluding hydrogens is 208 g/mol. The van der Waals surface area contributed by atoms with Crippen LogP contribution in [0.5, 0.6) is 0 Å². The van der Waals surface area contributed by atoms with Crippen LogP contribution in [0.1, 0.15) is 19.4 Å². The fourth-order valence-electron chi connectivity index (χ4n) is 2.60. The first kappa shape index (κ1) is 12.3. The predicted octanol–water partition coefficient (Wildman–Crippen LogP) is 2.38. The van der Waals surface area contributed by atoms with E-state index < -0.39 is 0 Å². The van der Waals surface area contributed by atoms with Crippen molar-refractivity contribution in [3.05, 3.63) is 48.6 Å². The van der Waals surface area contributed by atoms with E-state index in [1.807, 2.05) is 6.08 Å². The molecule has 2 nitrogen and oxygen atoms in total. The molecule has 1 N–H and O–H groups in total. The molecule has 1 aromatic carbocycles. The van der Waals surface area contributed by atoms with Crippen molar-refractivity contribution in [2.45, 2.75) is 25.4 Å². The van der Waals surface area contributed by atoms with Gasteiger partial charge in [0.25, 0.3) is 0 Å². The molecule has 2 unspecified atom stereocenters. The van der Waals surface area contributed by atoms with Crippen LogP contribution in [0.2, 0.25) is 0 Å². The highest BCUT2D eigenvalue weighted by Gasteiger charge is 2.37. The fraction of sp³-hybridized carbons (Fsp3) is 0.467. The van der Waals surface area contributed by atoms with Crippen LogP contribution in [0.15, 0.2) is 43.0 Å². The van der Waals surface area contributed by atoms with E-state index in [1.165, 1.54) is 5.56 Å². The topological polar surface area (TPSA) is 15.3 Å². The summed E-state index contributed by atoms with van der Waals surface area (Å²) in [7, 11) is 0. The zero-order chi connectivity index (χ0) is 12.3. The van der Waals surface area contributed by atoms with Crippen molar-refractivity contribution in [2.75, 3.05) is 19.6 Å². The molecule has 2 atom stereocenters. The summed E-state index contributed by atoms with van der Waals surface area (Å²) in [6.07, 6.45) is 2.00. The molecule has 0 aromatic heterocycles. The summed E-state index contributed by atoms with van der Waals surface area (Å²) in [4.78, 5) is 2.51. The van der Waals surface area contributed by atoms with Gasteiger partial charge < -0.3 is 5.32 Å². The molecule has 0 radical (unpaired) electrons. The van der Waals surface area contributed by atoms with Gasteiger partial charge in [0.05, 0.1) is 5.54 Å². The lowest BCUT2D eigenvalue weighted by molar-refractivity contribution is 0.0658. The van der Waals surface area contributed by atoms with Crippen molar-refractivity contribution in [1.82, 2.24) is 10.2 Å². The van der Waals surface area contributed by atoms with Gasteiger partial charge in [-0.2, -0.15) is 0 Å². The summed E-state index contributed by atoms with van der Waals surface area (Å²) in [5, 5.41) is 3.58. The van der Waals surface area contributed by atoms with Crippen LogP contribution in [0.4, 0.5) is 0 Å². The van der Waals surface area contributed by atoms with Gasteiger partial charge in [-0.1, -0.05) is 36.4 Å². The Morgan fingerprint density at radius 1 is 1.47 bits per heavy atom. The third-order valence-electron chi connectivity index (χ3n) is 3.73. The molecule has 1 saturated heterocycles. The first-order chi connectivity index (χ1) is 8.16. The maximum atomic E-state index is 3.88. The number of nitrogens with zero attached hydrogens (tertiary/aromatic N) is 1. The van der Waals surface area contributed by atoms with Gasteiger partial charge in [-0.25, -0.2) is 0 Å². The van der Waals surface area contributed by atoms with Gasteiger partial charge in [0.2, 0.25) is 0 Å². The fourth-order valence-corrected chi connectivity index (χ4v) is 2.60. The minimum atomic E-state index is 0.0714. The summed E-state index contributed by atoms with van der Waals surface area (Å²) in [5.41, 5.74) is 1.45. The minimum absolute atomic E-state index is 0.0714. The number of piperazine rings is 1. The zero-order valence-corrected chi connectivity index (χ0v) is 10.8. The van der Waals surface area contributed by atoms with Crippen LogP contribution in [-0.4, -0.2) is 30.6 Å². The van der Waals surface area contributed by atoms with Gasteiger partial charge in [0, 0.05) is 25.7 Å². The first-order valence-corrected chi connectivity index (χ1v) is 6.31. The minimum Gasteiger partial charge on any atom is -0.311 e. The third-order valence-corrected chi connectivity index (χ3v) is 3.73. The van der Waals surface area contributed by atoms with Crippen LogP contribution in [-0.2, 0) is 5.54 Å². The van der Waals surface area contributed by atoms with Gasteiger partial charge in [-0.3, -0.25) is 4.90 Å². The number of nitrogens with one attached hydrogen (secondary N) is 1. The highest BCUT2D eigenvalue weighted by molar-refractivity contribution is 5.25. The Balaban J connectivity index is 2.29. The Labute approximate surface area is 104 Å². The highest BCUT2D eigenvalue weighted by atomic mass is 15.3. The lowest BCUT2D eigenvalue weighted by Gasteiger charge is -2.47. The van der Waals surface area contributed by atoms with E-state index >= 15 is 0 Å². The monoisotopic (exact) mass is 230 g/mol. The van der Waals surface area contributed by atoms with Crippen LogP contribution in [0.3, 0.4) is 0 Å². The van der Waals surface area contributed by atoms with Crippen LogP contribution in [0, 0.1) is 0 Å². The average Bonchev–Trinajstić information content (AvgIpc) is 2.35. The Kier molecular flexibility index (Phi) is 3.65. The molecule has 2 heteroatoms. The Morgan fingerprint density at radius 3 is 2.82 bits per heavy atom. The van der Waals surface area contributed by atoms with Crippen molar-refractivity contribution in [1.29, 1.82) is 0 Å². The number of rotatable bonds is 3. The normalized spacial score (nSPS) is 30.1. The van der Waals surface area contributed by atoms with Crippen LogP contribution >= 0.6 is 0 Å². The van der Waals surface area contributed by atoms with Gasteiger partial charge in [-0.15, -0.1) is 6.58 Å². The standard InChI is InChI=1S/C15H22N2/c1-4-10-17-11-13(2)16-12-15(17,3)14-8-6-5-7-9-14/h4-9,13,16H,1,10-12H2,2-3H3. The molecule has 0 amide bonds. The maximum absolute atomic E-state index is 3.88. The molecule has 92 valence electrons. The second-order valence-electron chi connectivity index (χ2n) is 5.12. The summed E-state index contributed by atoms with van der Waals surface area (Å²) < 4.78 is 0. The maximum Gasteiger partial charge on any atom is 0.0560 e. The Hall–Kier alpha value is -1.12. The Morgan fingerprint density at radius 2 is 2.18 bits per heavy atom. The number of benzene rings is 1. The predicted molar refractivity (Wildman–Crippen MR) is 73.0 cm³/mol. The van der Waals surface area contributed by atoms with Gasteiger partial charge in [-0.05, 0) is 19.4 Å². The first-order valence-electron chi connectivity index (χ1n) is 6.31. The van der Waals surface area contributed by atoms with E-state index in [-0.39, 0.29) is 5.54 Å². The van der Waals surface area contributed by atoms with E-state index in [4.69, 9.17) is 0 Å². The second kappa shape index (κ2) is 5.03. The van der Waals surface area contributed by atoms with Crippen molar-refractivity contribution < 1.29 is 0 Å². The lowest BCUT2D eigenvalue weighted by atomic mass is 9.87. The summed E-state index contributed by atoms with van der Waals surface area (Å²) in [5.74, 6) is 0. The molecule has 1 fully saturated rings. The van der Waals surface area contributed by atoms with Gasteiger partial charge >= 0.3 is 0 Å². The van der Waals surface area contributed by atoms with Crippen LogP contribution in [0.25, 0.3) is 0 Å².